The summed E-state index contributed by atoms with van der Waals surface area (Å²) in [7, 11) is 1.48. The standard InChI is InChI=1S/C42H51N4O9P/c1-28(2)46(29(3)4)56(53-24-11-23-43)55-37-36-39(45-26-30(5)38(47)44-40(45)48)54-41(37,22-25-51-36)27-52-42(31-12-9-8-10-13-31,32-14-18-34(49-6)19-15-32)33-16-20-35(50-7)21-17-33/h8-10,12-21,26,28-29,36-37,39H,11,22,24-25,27H2,1-7H3,(H,44,47,48)/t36-,37+,39-,41-,56?/m1/s1. The van der Waals surface area contributed by atoms with Crippen molar-refractivity contribution >= 4 is 8.53 Å². The number of hydrogen-bond acceptors (Lipinski definition) is 11. The molecular formula is C42H51N4O9P. The Hall–Kier alpha value is -4.38. The molecule has 0 aliphatic carbocycles. The highest BCUT2D eigenvalue weighted by molar-refractivity contribution is 7.44. The summed E-state index contributed by atoms with van der Waals surface area (Å²) in [5.41, 5.74) is -0.612. The average molecular weight is 787 g/mol. The maximum absolute atomic E-state index is 13.5. The zero-order chi connectivity index (χ0) is 40.0. The Bertz CT molecular complexity index is 2010. The lowest BCUT2D eigenvalue weighted by Gasteiger charge is -2.45. The van der Waals surface area contributed by atoms with Gasteiger partial charge in [0.15, 0.2) is 6.23 Å². The Morgan fingerprint density at radius 2 is 1.54 bits per heavy atom. The highest BCUT2D eigenvalue weighted by Crippen LogP contribution is 2.55. The first-order valence-corrected chi connectivity index (χ1v) is 20.0. The summed E-state index contributed by atoms with van der Waals surface area (Å²) >= 11 is 0. The van der Waals surface area contributed by atoms with Gasteiger partial charge < -0.3 is 32.7 Å². The van der Waals surface area contributed by atoms with Crippen molar-refractivity contribution in [2.75, 3.05) is 34.0 Å². The van der Waals surface area contributed by atoms with Gasteiger partial charge >= 0.3 is 5.69 Å². The molecule has 2 aliphatic rings. The molecule has 0 amide bonds. The van der Waals surface area contributed by atoms with Gasteiger partial charge in [-0.15, -0.1) is 0 Å². The first kappa shape index (κ1) is 41.3. The van der Waals surface area contributed by atoms with E-state index in [0.29, 0.717) is 23.5 Å². The van der Waals surface area contributed by atoms with E-state index in [0.717, 1.165) is 16.7 Å². The van der Waals surface area contributed by atoms with Gasteiger partial charge in [0.1, 0.15) is 34.9 Å². The zero-order valence-electron chi connectivity index (χ0n) is 33.0. The van der Waals surface area contributed by atoms with Crippen LogP contribution in [0.5, 0.6) is 11.5 Å². The van der Waals surface area contributed by atoms with Crippen LogP contribution in [0, 0.1) is 18.3 Å². The zero-order valence-corrected chi connectivity index (χ0v) is 33.9. The van der Waals surface area contributed by atoms with Crippen molar-refractivity contribution < 1.29 is 32.7 Å². The van der Waals surface area contributed by atoms with Crippen molar-refractivity contribution in [3.8, 4) is 17.6 Å². The molecule has 56 heavy (non-hydrogen) atoms. The highest BCUT2D eigenvalue weighted by atomic mass is 31.2. The number of nitriles is 1. The Balaban J connectivity index is 1.52. The summed E-state index contributed by atoms with van der Waals surface area (Å²) in [5, 5.41) is 9.40. The number of H-pyrrole nitrogens is 1. The van der Waals surface area contributed by atoms with Gasteiger partial charge in [0.2, 0.25) is 0 Å². The van der Waals surface area contributed by atoms with Gasteiger partial charge in [-0.1, -0.05) is 54.6 Å². The SMILES string of the molecule is COc1ccc(C(OC[C@@]23CCO[C@@H]([C@H](n4cc(C)c(=O)[nH]c4=O)O2)[C@@H]3OP(OCCC#N)N(C(C)C)C(C)C)(c2ccccc2)c2ccc(OC)cc2)cc1. The van der Waals surface area contributed by atoms with Gasteiger partial charge in [0.05, 0.1) is 46.5 Å². The highest BCUT2D eigenvalue weighted by Gasteiger charge is 2.62. The van der Waals surface area contributed by atoms with Crippen LogP contribution in [0.15, 0.2) is 94.6 Å². The molecule has 1 N–H and O–H groups in total. The fourth-order valence-electron chi connectivity index (χ4n) is 7.59. The molecule has 5 atom stereocenters. The van der Waals surface area contributed by atoms with Gasteiger partial charge in [-0.3, -0.25) is 14.3 Å². The topological polar surface area (TPSA) is 147 Å². The molecule has 0 spiro atoms. The van der Waals surface area contributed by atoms with Crippen LogP contribution in [0.2, 0.25) is 0 Å². The number of nitrogens with one attached hydrogen (secondary N) is 1. The Labute approximate surface area is 329 Å². The lowest BCUT2D eigenvalue weighted by atomic mass is 9.79. The first-order valence-electron chi connectivity index (χ1n) is 18.8. The van der Waals surface area contributed by atoms with Gasteiger partial charge in [-0.25, -0.2) is 9.46 Å². The van der Waals surface area contributed by atoms with Gasteiger partial charge in [-0.2, -0.15) is 5.26 Å². The molecule has 1 aromatic heterocycles. The van der Waals surface area contributed by atoms with Crippen LogP contribution >= 0.6 is 8.53 Å². The lowest BCUT2D eigenvalue weighted by Crippen LogP contribution is -2.54. The average Bonchev–Trinajstić information content (AvgIpc) is 3.35. The minimum absolute atomic E-state index is 0.0111. The number of methoxy groups -OCH3 is 2. The summed E-state index contributed by atoms with van der Waals surface area (Å²) in [4.78, 5) is 28.4. The van der Waals surface area contributed by atoms with E-state index >= 15 is 0 Å². The molecule has 3 heterocycles. The third-order valence-electron chi connectivity index (χ3n) is 10.3. The molecule has 14 heteroatoms. The van der Waals surface area contributed by atoms with E-state index in [1.165, 1.54) is 10.8 Å². The van der Waals surface area contributed by atoms with Crippen molar-refractivity contribution in [3.05, 3.63) is 128 Å². The predicted molar refractivity (Wildman–Crippen MR) is 212 cm³/mol. The van der Waals surface area contributed by atoms with E-state index in [9.17, 15) is 14.9 Å². The van der Waals surface area contributed by atoms with Crippen molar-refractivity contribution in [2.24, 2.45) is 0 Å². The van der Waals surface area contributed by atoms with Crippen LogP contribution in [-0.2, 0) is 28.9 Å². The number of aromatic amines is 1. The second-order valence-electron chi connectivity index (χ2n) is 14.5. The molecule has 0 saturated carbocycles. The largest absolute Gasteiger partial charge is 0.497 e. The monoisotopic (exact) mass is 786 g/mol. The summed E-state index contributed by atoms with van der Waals surface area (Å²) in [6, 6.07) is 27.7. The van der Waals surface area contributed by atoms with Crippen LogP contribution in [0.4, 0.5) is 0 Å². The van der Waals surface area contributed by atoms with Gasteiger partial charge in [-0.05, 0) is 75.6 Å². The first-order chi connectivity index (χ1) is 27.0. The number of ether oxygens (including phenoxy) is 5. The van der Waals surface area contributed by atoms with Gasteiger partial charge in [0.25, 0.3) is 14.1 Å². The van der Waals surface area contributed by atoms with Crippen LogP contribution in [0.3, 0.4) is 0 Å². The molecule has 4 aromatic rings. The molecule has 3 aromatic carbocycles. The normalized spacial score (nSPS) is 21.3. The van der Waals surface area contributed by atoms with E-state index in [-0.39, 0.29) is 38.3 Å². The Kier molecular flexibility index (Phi) is 13.1. The third-order valence-corrected chi connectivity index (χ3v) is 12.4. The molecule has 13 nitrogen and oxygen atoms in total. The number of rotatable bonds is 17. The number of hydrogen-bond donors (Lipinski definition) is 1. The van der Waals surface area contributed by atoms with E-state index < -0.39 is 49.4 Å². The molecule has 0 radical (unpaired) electrons. The van der Waals surface area contributed by atoms with Crippen LogP contribution < -0.4 is 20.7 Å². The van der Waals surface area contributed by atoms with E-state index in [2.05, 4.69) is 43.4 Å². The molecule has 6 rings (SSSR count). The Morgan fingerprint density at radius 3 is 2.09 bits per heavy atom. The quantitative estimate of drug-likeness (QED) is 0.0703. The van der Waals surface area contributed by atoms with Crippen molar-refractivity contribution in [1.29, 1.82) is 5.26 Å². The van der Waals surface area contributed by atoms with Crippen LogP contribution in [0.1, 0.15) is 69.0 Å². The van der Waals surface area contributed by atoms with Crippen LogP contribution in [-0.4, -0.2) is 78.2 Å². The fraction of sp³-hybridized carbons (Fsp3) is 0.452. The minimum atomic E-state index is -1.78. The van der Waals surface area contributed by atoms with Crippen LogP contribution in [0.25, 0.3) is 0 Å². The number of nitrogens with zero attached hydrogens (tertiary/aromatic N) is 3. The molecular weight excluding hydrogens is 735 g/mol. The van der Waals surface area contributed by atoms with E-state index in [1.54, 1.807) is 21.1 Å². The summed E-state index contributed by atoms with van der Waals surface area (Å²) in [6.07, 6.45) is -0.569. The smallest absolute Gasteiger partial charge is 0.330 e. The maximum Gasteiger partial charge on any atom is 0.330 e. The second-order valence-corrected chi connectivity index (χ2v) is 15.9. The molecule has 2 bridgehead atoms. The number of fused-ring (bicyclic) bond motifs is 2. The molecule has 2 fully saturated rings. The summed E-state index contributed by atoms with van der Waals surface area (Å²) in [6.45, 7) is 10.3. The third kappa shape index (κ3) is 8.20. The van der Waals surface area contributed by atoms with Gasteiger partial charge in [0, 0.05) is 30.3 Å². The number of aryl methyl sites for hydroxylation is 1. The van der Waals surface area contributed by atoms with E-state index in [4.69, 9.17) is 32.7 Å². The Morgan fingerprint density at radius 1 is 0.946 bits per heavy atom. The maximum atomic E-state index is 13.5. The summed E-state index contributed by atoms with van der Waals surface area (Å²) in [5.74, 6) is 1.39. The number of aromatic nitrogens is 2. The lowest BCUT2D eigenvalue weighted by molar-refractivity contribution is -0.168. The van der Waals surface area contributed by atoms with Crippen molar-refractivity contribution in [2.45, 2.75) is 89.2 Å². The predicted octanol–water partition coefficient (Wildman–Crippen LogP) is 6.59. The molecule has 2 saturated heterocycles. The molecule has 1 unspecified atom stereocenters. The fourth-order valence-corrected chi connectivity index (χ4v) is 9.40. The van der Waals surface area contributed by atoms with Crippen molar-refractivity contribution in [1.82, 2.24) is 14.2 Å². The number of benzene rings is 3. The molecule has 2 aliphatic heterocycles. The minimum Gasteiger partial charge on any atom is -0.497 e. The second kappa shape index (κ2) is 17.8. The van der Waals surface area contributed by atoms with E-state index in [1.807, 2.05) is 78.9 Å². The molecule has 298 valence electrons. The van der Waals surface area contributed by atoms with Crippen molar-refractivity contribution in [3.63, 3.8) is 0 Å². The summed E-state index contributed by atoms with van der Waals surface area (Å²) < 4.78 is 49.1.